The van der Waals surface area contributed by atoms with E-state index in [2.05, 4.69) is 35.9 Å². The van der Waals surface area contributed by atoms with E-state index < -0.39 is 0 Å². The number of rotatable bonds is 3. The Hall–Kier alpha value is -2.74. The summed E-state index contributed by atoms with van der Waals surface area (Å²) in [5, 5.41) is 3.28. The molecule has 0 aromatic carbocycles. The molecule has 1 N–H and O–H groups in total. The van der Waals surface area contributed by atoms with Gasteiger partial charge in [0.25, 0.3) is 5.56 Å². The third-order valence-corrected chi connectivity index (χ3v) is 9.23. The highest BCUT2D eigenvalue weighted by Crippen LogP contribution is 2.37. The molecule has 2 bridgehead atoms. The van der Waals surface area contributed by atoms with Crippen LogP contribution in [0.3, 0.4) is 0 Å². The van der Waals surface area contributed by atoms with Crippen LogP contribution in [0.5, 0.6) is 0 Å². The van der Waals surface area contributed by atoms with E-state index in [1.165, 1.54) is 0 Å². The van der Waals surface area contributed by atoms with Crippen molar-refractivity contribution in [1.82, 2.24) is 24.5 Å². The number of fused-ring (bicyclic) bond motifs is 5. The van der Waals surface area contributed by atoms with Crippen molar-refractivity contribution in [2.24, 2.45) is 23.7 Å². The molecule has 3 saturated heterocycles. The Morgan fingerprint density at radius 1 is 1.08 bits per heavy atom. The van der Waals surface area contributed by atoms with Crippen LogP contribution in [-0.2, 0) is 16.1 Å². The van der Waals surface area contributed by atoms with Crippen LogP contribution in [0.4, 0.5) is 0 Å². The first-order chi connectivity index (χ1) is 18.7. The molecule has 0 saturated carbocycles. The molecule has 0 unspecified atom stereocenters. The van der Waals surface area contributed by atoms with Gasteiger partial charge in [-0.1, -0.05) is 26.8 Å². The molecule has 0 aliphatic carbocycles. The van der Waals surface area contributed by atoms with Crippen molar-refractivity contribution in [3.63, 3.8) is 0 Å². The Morgan fingerprint density at radius 2 is 1.90 bits per heavy atom. The first kappa shape index (κ1) is 27.8. The van der Waals surface area contributed by atoms with Crippen molar-refractivity contribution < 1.29 is 9.59 Å². The molecule has 0 radical (unpaired) electrons. The largest absolute Gasteiger partial charge is 0.353 e. The van der Waals surface area contributed by atoms with Crippen LogP contribution in [0.15, 0.2) is 29.1 Å². The number of likely N-dealkylation sites (tertiary alicyclic amines) is 1. The highest BCUT2D eigenvalue weighted by Gasteiger charge is 2.42. The summed E-state index contributed by atoms with van der Waals surface area (Å²) in [5.74, 6) is 1.91. The van der Waals surface area contributed by atoms with Crippen molar-refractivity contribution in [2.45, 2.75) is 91.3 Å². The molecule has 5 rings (SSSR count). The van der Waals surface area contributed by atoms with E-state index in [9.17, 15) is 14.4 Å². The van der Waals surface area contributed by atoms with Crippen LogP contribution in [0.2, 0.25) is 0 Å². The monoisotopic (exact) mass is 535 g/mol. The van der Waals surface area contributed by atoms with Gasteiger partial charge in [-0.3, -0.25) is 23.7 Å². The summed E-state index contributed by atoms with van der Waals surface area (Å²) in [7, 11) is 0. The van der Waals surface area contributed by atoms with Crippen LogP contribution in [-0.4, -0.2) is 62.7 Å². The molecule has 2 aromatic heterocycles. The van der Waals surface area contributed by atoms with Gasteiger partial charge in [-0.25, -0.2) is 4.98 Å². The number of nitrogens with one attached hydrogen (secondary N) is 1. The van der Waals surface area contributed by atoms with Crippen LogP contribution in [0.1, 0.15) is 77.1 Å². The van der Waals surface area contributed by atoms with Gasteiger partial charge in [0.2, 0.25) is 11.8 Å². The Morgan fingerprint density at radius 3 is 2.69 bits per heavy atom. The topological polar surface area (TPSA) is 87.0 Å². The second kappa shape index (κ2) is 11.8. The summed E-state index contributed by atoms with van der Waals surface area (Å²) in [6.45, 7) is 11.7. The zero-order chi connectivity index (χ0) is 27.7. The van der Waals surface area contributed by atoms with E-state index in [0.29, 0.717) is 48.7 Å². The molecule has 5 atom stereocenters. The highest BCUT2D eigenvalue weighted by molar-refractivity contribution is 5.77. The van der Waals surface area contributed by atoms with E-state index in [-0.39, 0.29) is 29.5 Å². The average molecular weight is 536 g/mol. The lowest BCUT2D eigenvalue weighted by Gasteiger charge is -2.51. The van der Waals surface area contributed by atoms with Crippen molar-refractivity contribution in [2.75, 3.05) is 19.6 Å². The number of amides is 2. The Bertz CT molecular complexity index is 1260. The van der Waals surface area contributed by atoms with Gasteiger partial charge in [-0.2, -0.15) is 0 Å². The summed E-state index contributed by atoms with van der Waals surface area (Å²) in [5.41, 5.74) is 2.34. The maximum absolute atomic E-state index is 13.6. The van der Waals surface area contributed by atoms with Gasteiger partial charge in [0.15, 0.2) is 0 Å². The van der Waals surface area contributed by atoms with E-state index in [1.807, 2.05) is 25.1 Å². The lowest BCUT2D eigenvalue weighted by atomic mass is 9.77. The molecule has 0 spiro atoms. The predicted octanol–water partition coefficient (Wildman–Crippen LogP) is 3.78. The zero-order valence-corrected chi connectivity index (χ0v) is 24.1. The fourth-order valence-electron chi connectivity index (χ4n) is 7.21. The van der Waals surface area contributed by atoms with Crippen molar-refractivity contribution in [1.29, 1.82) is 0 Å². The highest BCUT2D eigenvalue weighted by atomic mass is 16.2. The van der Waals surface area contributed by atoms with Gasteiger partial charge in [0.1, 0.15) is 5.65 Å². The summed E-state index contributed by atoms with van der Waals surface area (Å²) in [6, 6.07) is 7.76. The van der Waals surface area contributed by atoms with Crippen molar-refractivity contribution in [3.05, 3.63) is 46.0 Å². The van der Waals surface area contributed by atoms with E-state index in [0.717, 1.165) is 63.1 Å². The van der Waals surface area contributed by atoms with E-state index >= 15 is 0 Å². The Balaban J connectivity index is 1.32. The first-order valence-electron chi connectivity index (χ1n) is 15.0. The van der Waals surface area contributed by atoms with Gasteiger partial charge in [-0.05, 0) is 74.8 Å². The van der Waals surface area contributed by atoms with Gasteiger partial charge in [0.05, 0.1) is 5.69 Å². The minimum absolute atomic E-state index is 0.0376. The lowest BCUT2D eigenvalue weighted by molar-refractivity contribution is -0.142. The Labute approximate surface area is 232 Å². The molecule has 2 amide bonds. The zero-order valence-electron chi connectivity index (χ0n) is 24.1. The van der Waals surface area contributed by atoms with Gasteiger partial charge >= 0.3 is 0 Å². The molecule has 3 aliphatic heterocycles. The molecule has 8 heteroatoms. The average Bonchev–Trinajstić information content (AvgIpc) is 2.87. The van der Waals surface area contributed by atoms with E-state index in [1.54, 1.807) is 10.5 Å². The third kappa shape index (κ3) is 6.37. The third-order valence-electron chi connectivity index (χ3n) is 9.23. The van der Waals surface area contributed by atoms with Crippen molar-refractivity contribution >= 4 is 17.5 Å². The van der Waals surface area contributed by atoms with Crippen LogP contribution >= 0.6 is 0 Å². The quantitative estimate of drug-likeness (QED) is 0.646. The Kier molecular flexibility index (Phi) is 8.40. The molecule has 8 nitrogen and oxygen atoms in total. The summed E-state index contributed by atoms with van der Waals surface area (Å²) >= 11 is 0. The maximum atomic E-state index is 13.6. The number of hydrogen-bond acceptors (Lipinski definition) is 5. The number of aromatic nitrogens is 2. The van der Waals surface area contributed by atoms with Gasteiger partial charge < -0.3 is 10.2 Å². The second-order valence-corrected chi connectivity index (χ2v) is 12.8. The van der Waals surface area contributed by atoms with Gasteiger partial charge in [-0.15, -0.1) is 0 Å². The summed E-state index contributed by atoms with van der Waals surface area (Å²) < 4.78 is 1.66. The number of piperidine rings is 2. The van der Waals surface area contributed by atoms with Crippen LogP contribution in [0, 0.1) is 30.6 Å². The predicted molar refractivity (Wildman–Crippen MR) is 152 cm³/mol. The van der Waals surface area contributed by atoms with E-state index in [4.69, 9.17) is 4.98 Å². The number of pyridine rings is 1. The van der Waals surface area contributed by atoms with Crippen LogP contribution < -0.4 is 10.9 Å². The summed E-state index contributed by atoms with van der Waals surface area (Å²) in [6.07, 6.45) is 5.75. The molecule has 3 fully saturated rings. The smallest absolute Gasteiger partial charge is 0.258 e. The van der Waals surface area contributed by atoms with Gasteiger partial charge in [0, 0.05) is 62.9 Å². The molecule has 3 aliphatic rings. The molecule has 39 heavy (non-hydrogen) atoms. The van der Waals surface area contributed by atoms with Crippen LogP contribution in [0.25, 0.3) is 5.65 Å². The summed E-state index contributed by atoms with van der Waals surface area (Å²) in [4.78, 5) is 48.6. The number of carbonyl (C=O) groups excluding carboxylic acids is 2. The molecule has 212 valence electrons. The lowest BCUT2D eigenvalue weighted by Crippen LogP contribution is -2.59. The SMILES string of the molecule is Cc1cccc2nc(CN3C[C@@H]4C[C@H](C3)[C@@H]3CCCC(=O)N[C@H](C(C)C)CC[C@@H](C)CC(=O)N3C4)cc(=O)n12. The van der Waals surface area contributed by atoms with Crippen molar-refractivity contribution in [3.8, 4) is 0 Å². The molecule has 2 aromatic rings. The standard InChI is InChI=1S/C31H45N5O3/c1-20(2)26-12-11-21(3)13-30(38)35-17-23-14-24(27(35)8-6-10-29(37)33-26)18-34(16-23)19-25-15-31(39)36-22(4)7-5-9-28(36)32-25/h5,7,9,15,20-21,23-24,26-27H,6,8,10-14,16-19H2,1-4H3,(H,33,37)/t21-,23+,24-,26+,27+/m1/s1. The molecular weight excluding hydrogens is 490 g/mol. The fourth-order valence-corrected chi connectivity index (χ4v) is 7.21. The number of hydrogen-bond donors (Lipinski definition) is 1. The number of carbonyl (C=O) groups is 2. The minimum atomic E-state index is -0.0376. The first-order valence-corrected chi connectivity index (χ1v) is 15.0. The fraction of sp³-hybridized carbons (Fsp3) is 0.677. The normalized spacial score (nSPS) is 29.4. The molecular formula is C31H45N5O3. The minimum Gasteiger partial charge on any atom is -0.353 e. The number of nitrogens with zero attached hydrogens (tertiary/aromatic N) is 4. The molecule has 5 heterocycles. The number of aryl methyl sites for hydroxylation is 1. The maximum Gasteiger partial charge on any atom is 0.258 e. The second-order valence-electron chi connectivity index (χ2n) is 12.8.